The van der Waals surface area contributed by atoms with Crippen LogP contribution in [0.5, 0.6) is 0 Å². The number of nitrogens with one attached hydrogen (secondary N) is 1. The van der Waals surface area contributed by atoms with Crippen molar-refractivity contribution < 1.29 is 40.7 Å². The molecule has 2 aromatic carbocycles. The van der Waals surface area contributed by atoms with E-state index >= 15 is 0 Å². The monoisotopic (exact) mass is 623 g/mol. The van der Waals surface area contributed by atoms with E-state index in [2.05, 4.69) is 4.98 Å². The van der Waals surface area contributed by atoms with Crippen molar-refractivity contribution >= 4 is 28.6 Å². The van der Waals surface area contributed by atoms with Gasteiger partial charge < -0.3 is 19.7 Å². The van der Waals surface area contributed by atoms with Gasteiger partial charge >= 0.3 is 12.4 Å². The Morgan fingerprint density at radius 2 is 1.45 bits per heavy atom. The molecule has 2 aliphatic rings. The van der Waals surface area contributed by atoms with Gasteiger partial charge in [0.2, 0.25) is 11.8 Å². The highest BCUT2D eigenvalue weighted by Gasteiger charge is 2.39. The SMILES string of the molecule is CC(=O)N1CCN(C(=O)CN2CCN(C(=O)c3cc(C(F)(F)F)cc(C(F)(F)F)c3)[C@H](Cc3c[nH]c4ccccc34)C2)CC1. The summed E-state index contributed by atoms with van der Waals surface area (Å²) < 4.78 is 81.3. The predicted octanol–water partition coefficient (Wildman–Crippen LogP) is 4.27. The highest BCUT2D eigenvalue weighted by molar-refractivity contribution is 5.95. The van der Waals surface area contributed by atoms with Crippen molar-refractivity contribution in [3.63, 3.8) is 0 Å². The van der Waals surface area contributed by atoms with E-state index in [4.69, 9.17) is 0 Å². The van der Waals surface area contributed by atoms with Crippen molar-refractivity contribution in [2.75, 3.05) is 52.4 Å². The maximum absolute atomic E-state index is 13.7. The third-order valence-corrected chi connectivity index (χ3v) is 8.23. The van der Waals surface area contributed by atoms with Gasteiger partial charge in [0.15, 0.2) is 0 Å². The molecular weight excluding hydrogens is 592 g/mol. The number of fused-ring (bicyclic) bond motifs is 1. The van der Waals surface area contributed by atoms with Crippen LogP contribution in [0.3, 0.4) is 0 Å². The summed E-state index contributed by atoms with van der Waals surface area (Å²) in [6.07, 6.45) is -8.16. The van der Waals surface area contributed by atoms with Crippen LogP contribution in [0.15, 0.2) is 48.7 Å². The van der Waals surface area contributed by atoms with Crippen LogP contribution in [0.1, 0.15) is 34.0 Å². The fourth-order valence-electron chi connectivity index (χ4n) is 5.87. The van der Waals surface area contributed by atoms with Crippen LogP contribution in [-0.2, 0) is 28.4 Å². The third-order valence-electron chi connectivity index (χ3n) is 8.23. The van der Waals surface area contributed by atoms with Gasteiger partial charge in [-0.25, -0.2) is 0 Å². The molecule has 3 heterocycles. The maximum atomic E-state index is 13.7. The van der Waals surface area contributed by atoms with Gasteiger partial charge in [-0.1, -0.05) is 18.2 Å². The van der Waals surface area contributed by atoms with E-state index in [9.17, 15) is 40.7 Å². The van der Waals surface area contributed by atoms with Crippen molar-refractivity contribution in [1.29, 1.82) is 0 Å². The van der Waals surface area contributed by atoms with E-state index in [1.165, 1.54) is 11.8 Å². The molecule has 3 amide bonds. The van der Waals surface area contributed by atoms with Crippen LogP contribution >= 0.6 is 0 Å². The standard InChI is InChI=1S/C30H31F6N5O3/c1-19(42)39-7-9-40(10-8-39)27(43)18-38-6-11-41(24(17-38)14-21-16-37-26-5-3-2-4-25(21)26)28(44)20-12-22(29(31,32)33)15-23(13-20)30(34,35)36/h2-5,12-13,15-16,24,37H,6-11,14,17-18H2,1H3/t24-/m1/s1. The van der Waals surface area contributed by atoms with Gasteiger partial charge in [0.1, 0.15) is 0 Å². The van der Waals surface area contributed by atoms with Crippen LogP contribution in [0.4, 0.5) is 26.3 Å². The van der Waals surface area contributed by atoms with Gasteiger partial charge in [-0.05, 0) is 36.2 Å². The first-order valence-electron chi connectivity index (χ1n) is 14.1. The summed E-state index contributed by atoms with van der Waals surface area (Å²) in [5.41, 5.74) is -2.17. The number of benzene rings is 2. The lowest BCUT2D eigenvalue weighted by molar-refractivity contribution is -0.143. The normalized spacial score (nSPS) is 18.6. The molecule has 1 N–H and O–H groups in total. The van der Waals surface area contributed by atoms with E-state index in [1.54, 1.807) is 16.0 Å². The third kappa shape index (κ3) is 6.85. The number of carbonyl (C=O) groups excluding carboxylic acids is 3. The summed E-state index contributed by atoms with van der Waals surface area (Å²) in [6, 6.07) is 7.67. The summed E-state index contributed by atoms with van der Waals surface area (Å²) in [7, 11) is 0. The van der Waals surface area contributed by atoms with Crippen molar-refractivity contribution in [1.82, 2.24) is 24.6 Å². The molecule has 14 heteroatoms. The number of carbonyl (C=O) groups is 3. The van der Waals surface area contributed by atoms with Crippen LogP contribution < -0.4 is 0 Å². The number of aromatic amines is 1. The van der Waals surface area contributed by atoms with Crippen molar-refractivity contribution in [2.24, 2.45) is 0 Å². The molecule has 2 saturated heterocycles. The molecule has 0 aliphatic carbocycles. The number of alkyl halides is 6. The van der Waals surface area contributed by atoms with E-state index in [1.807, 2.05) is 29.2 Å². The molecule has 3 aromatic rings. The second kappa shape index (κ2) is 12.1. The number of nitrogens with zero attached hydrogens (tertiary/aromatic N) is 4. The zero-order valence-electron chi connectivity index (χ0n) is 23.8. The number of halogens is 6. The van der Waals surface area contributed by atoms with Gasteiger partial charge in [-0.3, -0.25) is 19.3 Å². The maximum Gasteiger partial charge on any atom is 0.416 e. The number of aromatic nitrogens is 1. The quantitative estimate of drug-likeness (QED) is 0.431. The molecule has 2 aliphatic heterocycles. The van der Waals surface area contributed by atoms with Crippen molar-refractivity contribution in [3.05, 3.63) is 70.9 Å². The molecule has 0 radical (unpaired) electrons. The molecule has 0 bridgehead atoms. The lowest BCUT2D eigenvalue weighted by atomic mass is 9.98. The minimum atomic E-state index is -5.09. The minimum absolute atomic E-state index is 0.0000179. The van der Waals surface area contributed by atoms with Crippen LogP contribution in [0, 0.1) is 0 Å². The summed E-state index contributed by atoms with van der Waals surface area (Å²) in [5, 5.41) is 0.870. The fourth-order valence-corrected chi connectivity index (χ4v) is 5.87. The highest BCUT2D eigenvalue weighted by atomic mass is 19.4. The van der Waals surface area contributed by atoms with Crippen LogP contribution in [0.25, 0.3) is 10.9 Å². The number of H-pyrrole nitrogens is 1. The molecule has 8 nitrogen and oxygen atoms in total. The van der Waals surface area contributed by atoms with E-state index < -0.39 is 41.0 Å². The van der Waals surface area contributed by atoms with Gasteiger partial charge in [0, 0.05) is 81.4 Å². The van der Waals surface area contributed by atoms with Gasteiger partial charge in [0.05, 0.1) is 17.7 Å². The molecule has 0 unspecified atom stereocenters. The van der Waals surface area contributed by atoms with Crippen molar-refractivity contribution in [2.45, 2.75) is 31.7 Å². The highest BCUT2D eigenvalue weighted by Crippen LogP contribution is 2.37. The Morgan fingerprint density at radius 3 is 2.07 bits per heavy atom. The zero-order valence-corrected chi connectivity index (χ0v) is 23.8. The Labute approximate surface area is 249 Å². The van der Waals surface area contributed by atoms with E-state index in [-0.39, 0.29) is 50.5 Å². The molecule has 2 fully saturated rings. The van der Waals surface area contributed by atoms with Gasteiger partial charge in [0.25, 0.3) is 5.91 Å². The average molecular weight is 624 g/mol. The Bertz CT molecular complexity index is 1510. The first kappa shape index (κ1) is 31.4. The summed E-state index contributed by atoms with van der Waals surface area (Å²) >= 11 is 0. The molecule has 44 heavy (non-hydrogen) atoms. The largest absolute Gasteiger partial charge is 0.416 e. The molecule has 0 saturated carbocycles. The molecule has 5 rings (SSSR count). The first-order chi connectivity index (χ1) is 20.7. The Kier molecular flexibility index (Phi) is 8.65. The molecular formula is C30H31F6N5O3. The average Bonchev–Trinajstić information content (AvgIpc) is 3.38. The summed E-state index contributed by atoms with van der Waals surface area (Å²) in [4.78, 5) is 48.0. The van der Waals surface area contributed by atoms with Gasteiger partial charge in [-0.2, -0.15) is 26.3 Å². The smallest absolute Gasteiger partial charge is 0.361 e. The summed E-state index contributed by atoms with van der Waals surface area (Å²) in [6.45, 7) is 3.46. The van der Waals surface area contributed by atoms with Crippen LogP contribution in [0.2, 0.25) is 0 Å². The minimum Gasteiger partial charge on any atom is -0.361 e. The molecule has 1 atom stereocenters. The number of hydrogen-bond acceptors (Lipinski definition) is 4. The van der Waals surface area contributed by atoms with E-state index in [0.29, 0.717) is 38.3 Å². The molecule has 236 valence electrons. The second-order valence-corrected chi connectivity index (χ2v) is 11.1. The van der Waals surface area contributed by atoms with E-state index in [0.717, 1.165) is 16.5 Å². The first-order valence-corrected chi connectivity index (χ1v) is 14.1. The number of hydrogen-bond donors (Lipinski definition) is 1. The van der Waals surface area contributed by atoms with Gasteiger partial charge in [-0.15, -0.1) is 0 Å². The number of para-hydroxylation sites is 1. The van der Waals surface area contributed by atoms with Crippen molar-refractivity contribution in [3.8, 4) is 0 Å². The number of amides is 3. The number of piperazine rings is 2. The lowest BCUT2D eigenvalue weighted by Gasteiger charge is -2.42. The fraction of sp³-hybridized carbons (Fsp3) is 0.433. The number of rotatable bonds is 5. The second-order valence-electron chi connectivity index (χ2n) is 11.1. The molecule has 0 spiro atoms. The lowest BCUT2D eigenvalue weighted by Crippen LogP contribution is -2.58. The topological polar surface area (TPSA) is 80.0 Å². The predicted molar refractivity (Wildman–Crippen MR) is 149 cm³/mol. The zero-order chi connectivity index (χ0) is 31.8. The Morgan fingerprint density at radius 1 is 0.841 bits per heavy atom. The van der Waals surface area contributed by atoms with Crippen LogP contribution in [-0.4, -0.2) is 101 Å². The summed E-state index contributed by atoms with van der Waals surface area (Å²) in [5.74, 6) is -1.18. The Balaban J connectivity index is 1.40. The Hall–Kier alpha value is -4.07. The molecule has 1 aromatic heterocycles.